The normalized spacial score (nSPS) is 13.2. The average Bonchev–Trinajstić information content (AvgIpc) is 2.74. The zero-order chi connectivity index (χ0) is 14.4. The van der Waals surface area contributed by atoms with E-state index in [-0.39, 0.29) is 0 Å². The Morgan fingerprint density at radius 3 is 2.63 bits per heavy atom. The van der Waals surface area contributed by atoms with Crippen molar-refractivity contribution < 1.29 is 14.4 Å². The summed E-state index contributed by atoms with van der Waals surface area (Å²) >= 11 is 0. The van der Waals surface area contributed by atoms with Gasteiger partial charge in [-0.3, -0.25) is 9.69 Å². The van der Waals surface area contributed by atoms with Crippen LogP contribution in [0.3, 0.4) is 0 Å². The fraction of sp³-hybridized carbons (Fsp3) is 0.769. The van der Waals surface area contributed by atoms with Crippen LogP contribution in [0.2, 0.25) is 0 Å². The van der Waals surface area contributed by atoms with Crippen molar-refractivity contribution >= 4 is 5.97 Å². The molecule has 0 bridgehead atoms. The minimum atomic E-state index is -0.788. The Hall–Kier alpha value is -1.43. The van der Waals surface area contributed by atoms with E-state index in [1.807, 2.05) is 11.8 Å². The number of nitrogens with zero attached hydrogens (tertiary/aromatic N) is 3. The van der Waals surface area contributed by atoms with Gasteiger partial charge in [-0.1, -0.05) is 32.9 Å². The summed E-state index contributed by atoms with van der Waals surface area (Å²) in [5.41, 5.74) is 0. The average molecular weight is 269 g/mol. The van der Waals surface area contributed by atoms with Crippen molar-refractivity contribution in [2.45, 2.75) is 40.7 Å². The third-order valence-electron chi connectivity index (χ3n) is 2.86. The van der Waals surface area contributed by atoms with Gasteiger partial charge in [0.15, 0.2) is 5.82 Å². The smallest absolute Gasteiger partial charge is 0.307 e. The molecule has 0 aliphatic carbocycles. The molecule has 0 aliphatic rings. The lowest BCUT2D eigenvalue weighted by atomic mass is 10.1. The maximum Gasteiger partial charge on any atom is 0.307 e. The SMILES string of the molecule is CCN(Cc1nc(CC(C)C)no1)CC(C)C(=O)O. The highest BCUT2D eigenvalue weighted by Gasteiger charge is 2.17. The number of hydrogen-bond donors (Lipinski definition) is 1. The molecule has 0 amide bonds. The van der Waals surface area contributed by atoms with Crippen LogP contribution in [0.1, 0.15) is 39.4 Å². The van der Waals surface area contributed by atoms with Crippen molar-refractivity contribution in [3.05, 3.63) is 11.7 Å². The van der Waals surface area contributed by atoms with Crippen molar-refractivity contribution in [3.63, 3.8) is 0 Å². The van der Waals surface area contributed by atoms with Crippen LogP contribution in [-0.2, 0) is 17.8 Å². The van der Waals surface area contributed by atoms with Gasteiger partial charge in [0.1, 0.15) is 0 Å². The van der Waals surface area contributed by atoms with E-state index in [0.29, 0.717) is 30.7 Å². The first kappa shape index (κ1) is 15.6. The van der Waals surface area contributed by atoms with Gasteiger partial charge < -0.3 is 9.63 Å². The molecule has 19 heavy (non-hydrogen) atoms. The van der Waals surface area contributed by atoms with Crippen LogP contribution >= 0.6 is 0 Å². The Bertz CT molecular complexity index is 404. The number of rotatable bonds is 8. The topological polar surface area (TPSA) is 79.5 Å². The maximum atomic E-state index is 10.9. The highest BCUT2D eigenvalue weighted by molar-refractivity contribution is 5.69. The van der Waals surface area contributed by atoms with E-state index in [0.717, 1.165) is 13.0 Å². The lowest BCUT2D eigenvalue weighted by molar-refractivity contribution is -0.141. The molecule has 0 saturated carbocycles. The van der Waals surface area contributed by atoms with Crippen molar-refractivity contribution in [1.29, 1.82) is 0 Å². The molecule has 1 aromatic rings. The quantitative estimate of drug-likeness (QED) is 0.775. The van der Waals surface area contributed by atoms with E-state index < -0.39 is 11.9 Å². The summed E-state index contributed by atoms with van der Waals surface area (Å²) in [6.07, 6.45) is 0.793. The summed E-state index contributed by atoms with van der Waals surface area (Å²) in [6, 6.07) is 0. The van der Waals surface area contributed by atoms with Crippen molar-refractivity contribution in [3.8, 4) is 0 Å². The minimum absolute atomic E-state index is 0.405. The van der Waals surface area contributed by atoms with Gasteiger partial charge in [-0.15, -0.1) is 0 Å². The summed E-state index contributed by atoms with van der Waals surface area (Å²) in [5.74, 6) is 0.560. The predicted octanol–water partition coefficient (Wildman–Crippen LogP) is 1.81. The lowest BCUT2D eigenvalue weighted by Crippen LogP contribution is -2.31. The lowest BCUT2D eigenvalue weighted by Gasteiger charge is -2.20. The third kappa shape index (κ3) is 5.38. The van der Waals surface area contributed by atoms with Crippen molar-refractivity contribution in [2.24, 2.45) is 11.8 Å². The molecule has 0 radical (unpaired) electrons. The molecule has 0 saturated heterocycles. The molecule has 0 aromatic carbocycles. The highest BCUT2D eigenvalue weighted by Crippen LogP contribution is 2.08. The first-order valence-corrected chi connectivity index (χ1v) is 6.69. The summed E-state index contributed by atoms with van der Waals surface area (Å²) in [4.78, 5) is 17.2. The first-order valence-electron chi connectivity index (χ1n) is 6.69. The standard InChI is InChI=1S/C13H23N3O3/c1-5-16(7-10(4)13(17)18)8-12-14-11(15-19-12)6-9(2)3/h9-10H,5-8H2,1-4H3,(H,17,18). The van der Waals surface area contributed by atoms with Crippen molar-refractivity contribution in [1.82, 2.24) is 15.0 Å². The summed E-state index contributed by atoms with van der Waals surface area (Å²) in [5, 5.41) is 12.8. The van der Waals surface area contributed by atoms with Crippen LogP contribution < -0.4 is 0 Å². The second-order valence-corrected chi connectivity index (χ2v) is 5.27. The number of hydrogen-bond acceptors (Lipinski definition) is 5. The number of carboxylic acid groups (broad SMARTS) is 1. The Labute approximate surface area is 113 Å². The largest absolute Gasteiger partial charge is 0.481 e. The predicted molar refractivity (Wildman–Crippen MR) is 70.6 cm³/mol. The Morgan fingerprint density at radius 2 is 2.11 bits per heavy atom. The number of carboxylic acids is 1. The molecule has 1 atom stereocenters. The maximum absolute atomic E-state index is 10.9. The van der Waals surface area contributed by atoms with Gasteiger partial charge in [0.2, 0.25) is 5.89 Å². The Balaban J connectivity index is 2.55. The zero-order valence-corrected chi connectivity index (χ0v) is 12.1. The van der Waals surface area contributed by atoms with Gasteiger partial charge >= 0.3 is 5.97 Å². The van der Waals surface area contributed by atoms with Crippen LogP contribution in [0.4, 0.5) is 0 Å². The van der Waals surface area contributed by atoms with Crippen LogP contribution in [0, 0.1) is 11.8 Å². The fourth-order valence-corrected chi connectivity index (χ4v) is 1.76. The zero-order valence-electron chi connectivity index (χ0n) is 12.1. The molecule has 108 valence electrons. The van der Waals surface area contributed by atoms with Crippen LogP contribution in [0.25, 0.3) is 0 Å². The molecule has 6 nitrogen and oxygen atoms in total. The summed E-state index contributed by atoms with van der Waals surface area (Å²) < 4.78 is 5.19. The fourth-order valence-electron chi connectivity index (χ4n) is 1.76. The van der Waals surface area contributed by atoms with Gasteiger partial charge in [-0.25, -0.2) is 0 Å². The Kier molecular flexibility index (Phi) is 5.95. The van der Waals surface area contributed by atoms with Crippen molar-refractivity contribution in [2.75, 3.05) is 13.1 Å². The molecule has 0 aliphatic heterocycles. The molecule has 1 aromatic heterocycles. The Morgan fingerprint density at radius 1 is 1.42 bits per heavy atom. The molecule has 1 unspecified atom stereocenters. The van der Waals surface area contributed by atoms with E-state index in [2.05, 4.69) is 24.0 Å². The molecular weight excluding hydrogens is 246 g/mol. The second-order valence-electron chi connectivity index (χ2n) is 5.27. The molecule has 1 rings (SSSR count). The number of carbonyl (C=O) groups is 1. The summed E-state index contributed by atoms with van der Waals surface area (Å²) in [6.45, 7) is 9.61. The van der Waals surface area contributed by atoms with Gasteiger partial charge in [-0.05, 0) is 12.5 Å². The molecule has 6 heteroatoms. The third-order valence-corrected chi connectivity index (χ3v) is 2.86. The molecule has 1 N–H and O–H groups in total. The minimum Gasteiger partial charge on any atom is -0.481 e. The van der Waals surface area contributed by atoms with E-state index in [1.165, 1.54) is 0 Å². The van der Waals surface area contributed by atoms with Gasteiger partial charge in [-0.2, -0.15) is 4.98 Å². The van der Waals surface area contributed by atoms with Gasteiger partial charge in [0.25, 0.3) is 0 Å². The first-order chi connectivity index (χ1) is 8.92. The van der Waals surface area contributed by atoms with Gasteiger partial charge in [0.05, 0.1) is 12.5 Å². The van der Waals surface area contributed by atoms with E-state index in [4.69, 9.17) is 9.63 Å². The molecule has 0 spiro atoms. The van der Waals surface area contributed by atoms with Crippen LogP contribution in [0.5, 0.6) is 0 Å². The highest BCUT2D eigenvalue weighted by atomic mass is 16.5. The number of aromatic nitrogens is 2. The van der Waals surface area contributed by atoms with E-state index in [1.54, 1.807) is 6.92 Å². The molecule has 0 fully saturated rings. The summed E-state index contributed by atoms with van der Waals surface area (Å²) in [7, 11) is 0. The van der Waals surface area contributed by atoms with E-state index >= 15 is 0 Å². The van der Waals surface area contributed by atoms with Crippen LogP contribution in [0.15, 0.2) is 4.52 Å². The second kappa shape index (κ2) is 7.23. The van der Waals surface area contributed by atoms with E-state index in [9.17, 15) is 4.79 Å². The van der Waals surface area contributed by atoms with Crippen LogP contribution in [-0.4, -0.2) is 39.2 Å². The number of aliphatic carboxylic acids is 1. The molecular formula is C13H23N3O3. The monoisotopic (exact) mass is 269 g/mol. The molecule has 1 heterocycles. The van der Waals surface area contributed by atoms with Gasteiger partial charge in [0, 0.05) is 13.0 Å².